The van der Waals surface area contributed by atoms with Crippen LogP contribution in [0.2, 0.25) is 0 Å². The molecule has 0 saturated carbocycles. The van der Waals surface area contributed by atoms with Crippen LogP contribution in [0.3, 0.4) is 0 Å². The van der Waals surface area contributed by atoms with Gasteiger partial charge in [-0.3, -0.25) is 0 Å². The maximum Gasteiger partial charge on any atom is 0.408 e. The summed E-state index contributed by atoms with van der Waals surface area (Å²) in [6, 6.07) is 14.1. The van der Waals surface area contributed by atoms with E-state index in [1.807, 2.05) is 30.3 Å². The van der Waals surface area contributed by atoms with Gasteiger partial charge in [-0.1, -0.05) is 42.5 Å². The smallest absolute Gasteiger partial charge is 0.408 e. The van der Waals surface area contributed by atoms with Gasteiger partial charge in [-0.25, -0.2) is 9.59 Å². The molecule has 2 rings (SSSR count). The first-order valence-corrected chi connectivity index (χ1v) is 6.94. The number of carbonyl (C=O) groups excluding carboxylic acids is 2. The normalized spacial score (nSPS) is 11.3. The fraction of sp³-hybridized carbons (Fsp3) is 0.176. The van der Waals surface area contributed by atoms with Gasteiger partial charge in [0.15, 0.2) is 6.04 Å². The van der Waals surface area contributed by atoms with Gasteiger partial charge in [-0.15, -0.1) is 0 Å². The number of carbonyl (C=O) groups is 2. The molecule has 0 aliphatic heterocycles. The van der Waals surface area contributed by atoms with Crippen LogP contribution in [0.1, 0.15) is 17.2 Å². The summed E-state index contributed by atoms with van der Waals surface area (Å²) in [4.78, 5) is 23.7. The third kappa shape index (κ3) is 4.74. The lowest BCUT2D eigenvalue weighted by Gasteiger charge is -2.17. The van der Waals surface area contributed by atoms with Crippen molar-refractivity contribution >= 4 is 12.1 Å². The number of amides is 1. The predicted octanol–water partition coefficient (Wildman–Crippen LogP) is 2.53. The zero-order valence-corrected chi connectivity index (χ0v) is 12.6. The number of rotatable bonds is 5. The molecule has 2 aromatic rings. The zero-order chi connectivity index (χ0) is 16.7. The molecule has 1 amide bonds. The van der Waals surface area contributed by atoms with Crippen LogP contribution >= 0.6 is 0 Å². The van der Waals surface area contributed by atoms with Gasteiger partial charge in [-0.05, 0) is 23.3 Å². The van der Waals surface area contributed by atoms with Gasteiger partial charge >= 0.3 is 12.1 Å². The van der Waals surface area contributed by atoms with Crippen LogP contribution in [0.5, 0.6) is 5.75 Å². The first-order chi connectivity index (χ1) is 11.1. The summed E-state index contributed by atoms with van der Waals surface area (Å²) in [7, 11) is 1.23. The maximum atomic E-state index is 11.9. The summed E-state index contributed by atoms with van der Waals surface area (Å²) in [5, 5.41) is 11.8. The Bertz CT molecular complexity index is 654. The van der Waals surface area contributed by atoms with E-state index in [1.165, 1.54) is 31.4 Å². The Kier molecular flexibility index (Phi) is 5.57. The molecular weight excluding hydrogens is 298 g/mol. The second-order valence-corrected chi connectivity index (χ2v) is 4.75. The second kappa shape index (κ2) is 7.84. The van der Waals surface area contributed by atoms with Crippen molar-refractivity contribution in [1.82, 2.24) is 5.32 Å². The molecule has 0 saturated heterocycles. The molecule has 0 unspecified atom stereocenters. The molecule has 0 fully saturated rings. The van der Waals surface area contributed by atoms with Crippen LogP contribution in [0.25, 0.3) is 0 Å². The average Bonchev–Trinajstić information content (AvgIpc) is 2.59. The van der Waals surface area contributed by atoms with Gasteiger partial charge in [0.05, 0.1) is 7.11 Å². The van der Waals surface area contributed by atoms with Gasteiger partial charge in [0.2, 0.25) is 0 Å². The number of alkyl carbamates (subject to hydrolysis) is 1. The number of nitrogens with one attached hydrogen (secondary N) is 1. The molecule has 23 heavy (non-hydrogen) atoms. The molecule has 0 radical (unpaired) electrons. The Morgan fingerprint density at radius 3 is 2.35 bits per heavy atom. The number of hydrogen-bond donors (Lipinski definition) is 2. The van der Waals surface area contributed by atoms with Crippen molar-refractivity contribution in [2.75, 3.05) is 7.11 Å². The van der Waals surface area contributed by atoms with E-state index in [1.54, 1.807) is 0 Å². The number of esters is 1. The number of benzene rings is 2. The molecule has 1 atom stereocenters. The lowest BCUT2D eigenvalue weighted by molar-refractivity contribution is -0.143. The lowest BCUT2D eigenvalue weighted by Crippen LogP contribution is -2.34. The van der Waals surface area contributed by atoms with Crippen LogP contribution in [-0.4, -0.2) is 24.3 Å². The third-order valence-corrected chi connectivity index (χ3v) is 3.14. The fourth-order valence-corrected chi connectivity index (χ4v) is 1.95. The van der Waals surface area contributed by atoms with Crippen LogP contribution < -0.4 is 5.32 Å². The van der Waals surface area contributed by atoms with E-state index < -0.39 is 18.1 Å². The minimum Gasteiger partial charge on any atom is -0.508 e. The highest BCUT2D eigenvalue weighted by Crippen LogP contribution is 2.18. The molecule has 0 spiro atoms. The molecule has 0 aromatic heterocycles. The maximum absolute atomic E-state index is 11.9. The molecule has 6 heteroatoms. The number of aromatic hydroxyl groups is 1. The van der Waals surface area contributed by atoms with Gasteiger partial charge in [0.1, 0.15) is 12.4 Å². The van der Waals surface area contributed by atoms with E-state index in [0.717, 1.165) is 5.56 Å². The standard InChI is InChI=1S/C17H17NO5/c1-22-16(20)15(13-7-9-14(19)10-8-13)18-17(21)23-11-12-5-3-2-4-6-12/h2-10,15,19H,11H2,1H3,(H,18,21)/t15-/m1/s1. The van der Waals surface area contributed by atoms with E-state index in [2.05, 4.69) is 10.1 Å². The highest BCUT2D eigenvalue weighted by molar-refractivity contribution is 5.82. The Hall–Kier alpha value is -3.02. The SMILES string of the molecule is COC(=O)[C@H](NC(=O)OCc1ccccc1)c1ccc(O)cc1. The van der Waals surface area contributed by atoms with E-state index >= 15 is 0 Å². The van der Waals surface area contributed by atoms with Crippen molar-refractivity contribution in [3.63, 3.8) is 0 Å². The molecule has 2 N–H and O–H groups in total. The van der Waals surface area contributed by atoms with Crippen molar-refractivity contribution in [3.8, 4) is 5.75 Å². The quantitative estimate of drug-likeness (QED) is 0.828. The summed E-state index contributed by atoms with van der Waals surface area (Å²) in [6.45, 7) is 0.0934. The number of methoxy groups -OCH3 is 1. The van der Waals surface area contributed by atoms with Gasteiger partial charge in [0.25, 0.3) is 0 Å². The highest BCUT2D eigenvalue weighted by Gasteiger charge is 2.24. The van der Waals surface area contributed by atoms with Gasteiger partial charge in [-0.2, -0.15) is 0 Å². The monoisotopic (exact) mass is 315 g/mol. The summed E-state index contributed by atoms with van der Waals surface area (Å²) < 4.78 is 9.78. The van der Waals surface area contributed by atoms with Crippen molar-refractivity contribution in [2.45, 2.75) is 12.6 Å². The number of ether oxygens (including phenoxy) is 2. The Balaban J connectivity index is 2.01. The summed E-state index contributed by atoms with van der Waals surface area (Å²) in [5.74, 6) is -0.573. The number of phenolic OH excluding ortho intramolecular Hbond substituents is 1. The van der Waals surface area contributed by atoms with Crippen LogP contribution in [0, 0.1) is 0 Å². The summed E-state index contributed by atoms with van der Waals surface area (Å²) in [5.41, 5.74) is 1.31. The fourth-order valence-electron chi connectivity index (χ4n) is 1.95. The van der Waals surface area contributed by atoms with Crippen LogP contribution in [0.15, 0.2) is 54.6 Å². The van der Waals surface area contributed by atoms with Crippen molar-refractivity contribution in [3.05, 3.63) is 65.7 Å². The highest BCUT2D eigenvalue weighted by atomic mass is 16.6. The lowest BCUT2D eigenvalue weighted by atomic mass is 10.1. The molecule has 0 aliphatic rings. The Morgan fingerprint density at radius 2 is 1.74 bits per heavy atom. The van der Waals surface area contributed by atoms with E-state index in [4.69, 9.17) is 4.74 Å². The first kappa shape index (κ1) is 16.4. The van der Waals surface area contributed by atoms with Gasteiger partial charge < -0.3 is 19.9 Å². The minimum absolute atomic E-state index is 0.0593. The van der Waals surface area contributed by atoms with E-state index in [9.17, 15) is 14.7 Å². The second-order valence-electron chi connectivity index (χ2n) is 4.75. The molecular formula is C17H17NO5. The summed E-state index contributed by atoms with van der Waals surface area (Å²) in [6.07, 6.45) is -0.739. The number of phenols is 1. The first-order valence-electron chi connectivity index (χ1n) is 6.94. The predicted molar refractivity (Wildman–Crippen MR) is 82.6 cm³/mol. The summed E-state index contributed by atoms with van der Waals surface area (Å²) >= 11 is 0. The molecule has 0 aliphatic carbocycles. The Morgan fingerprint density at radius 1 is 1.09 bits per heavy atom. The molecule has 6 nitrogen and oxygen atoms in total. The minimum atomic E-state index is -1.01. The van der Waals surface area contributed by atoms with Crippen LogP contribution in [0.4, 0.5) is 4.79 Å². The zero-order valence-electron chi connectivity index (χ0n) is 12.6. The van der Waals surface area contributed by atoms with E-state index in [0.29, 0.717) is 5.56 Å². The third-order valence-electron chi connectivity index (χ3n) is 3.14. The number of hydrogen-bond acceptors (Lipinski definition) is 5. The van der Waals surface area contributed by atoms with E-state index in [-0.39, 0.29) is 12.4 Å². The molecule has 120 valence electrons. The van der Waals surface area contributed by atoms with Gasteiger partial charge in [0, 0.05) is 0 Å². The molecule has 0 bridgehead atoms. The van der Waals surface area contributed by atoms with Crippen molar-refractivity contribution < 1.29 is 24.2 Å². The van der Waals surface area contributed by atoms with Crippen LogP contribution in [-0.2, 0) is 20.9 Å². The molecule has 2 aromatic carbocycles. The van der Waals surface area contributed by atoms with Crippen molar-refractivity contribution in [2.24, 2.45) is 0 Å². The average molecular weight is 315 g/mol. The molecule has 0 heterocycles. The topological polar surface area (TPSA) is 84.9 Å². The largest absolute Gasteiger partial charge is 0.508 e. The van der Waals surface area contributed by atoms with Crippen molar-refractivity contribution in [1.29, 1.82) is 0 Å². The Labute approximate surface area is 133 Å².